The Balaban J connectivity index is 2.24. The van der Waals surface area contributed by atoms with E-state index in [1.54, 1.807) is 6.20 Å². The van der Waals surface area contributed by atoms with Gasteiger partial charge < -0.3 is 15.8 Å². The number of anilines is 1. The number of nitrogen functional groups attached to an aromatic ring is 1. The lowest BCUT2D eigenvalue weighted by Gasteiger charge is -2.30. The maximum Gasteiger partial charge on any atom is 0.128 e. The monoisotopic (exact) mass is 273 g/mol. The Morgan fingerprint density at radius 2 is 2.53 bits per heavy atom. The number of likely N-dealkylation sites (N-methyl/N-ethyl adjacent to an activating group) is 1. The Morgan fingerprint density at radius 3 is 3.18 bits per heavy atom. The Bertz CT molecular complexity index is 385. The van der Waals surface area contributed by atoms with Crippen LogP contribution in [0.25, 0.3) is 0 Å². The molecular weight excluding hydrogens is 258 g/mol. The zero-order valence-electron chi connectivity index (χ0n) is 9.65. The molecular formula is C11H16ClN3OS. The first-order chi connectivity index (χ1) is 8.22. The van der Waals surface area contributed by atoms with E-state index in [1.807, 2.05) is 24.9 Å². The van der Waals surface area contributed by atoms with E-state index in [0.29, 0.717) is 10.8 Å². The lowest BCUT2D eigenvalue weighted by Crippen LogP contribution is -2.37. The van der Waals surface area contributed by atoms with Crippen molar-refractivity contribution in [2.75, 3.05) is 30.9 Å². The van der Waals surface area contributed by atoms with Crippen molar-refractivity contribution in [1.82, 2.24) is 10.3 Å². The molecule has 1 aromatic heterocycles. The van der Waals surface area contributed by atoms with Crippen molar-refractivity contribution in [1.29, 1.82) is 0 Å². The van der Waals surface area contributed by atoms with Crippen molar-refractivity contribution in [3.63, 3.8) is 0 Å². The average molecular weight is 274 g/mol. The van der Waals surface area contributed by atoms with Gasteiger partial charge in [-0.2, -0.15) is 11.8 Å². The highest BCUT2D eigenvalue weighted by Gasteiger charge is 2.27. The molecule has 0 aromatic carbocycles. The van der Waals surface area contributed by atoms with Gasteiger partial charge in [-0.15, -0.1) is 0 Å². The van der Waals surface area contributed by atoms with Crippen LogP contribution in [0.3, 0.4) is 0 Å². The summed E-state index contributed by atoms with van der Waals surface area (Å²) in [4.78, 5) is 4.09. The average Bonchev–Trinajstić information content (AvgIpc) is 2.36. The number of thioether (sulfide) groups is 1. The van der Waals surface area contributed by atoms with Crippen LogP contribution in [0.2, 0.25) is 5.02 Å². The van der Waals surface area contributed by atoms with Crippen molar-refractivity contribution in [3.8, 4) is 0 Å². The summed E-state index contributed by atoms with van der Waals surface area (Å²) in [5, 5.41) is 3.83. The summed E-state index contributed by atoms with van der Waals surface area (Å²) < 4.78 is 5.77. The summed E-state index contributed by atoms with van der Waals surface area (Å²) in [5.41, 5.74) is 6.81. The van der Waals surface area contributed by atoms with Crippen molar-refractivity contribution >= 4 is 29.2 Å². The molecule has 6 heteroatoms. The lowest BCUT2D eigenvalue weighted by molar-refractivity contribution is 0.0489. The minimum atomic E-state index is 0.0361. The van der Waals surface area contributed by atoms with Crippen molar-refractivity contribution in [2.45, 2.75) is 12.1 Å². The molecule has 2 heterocycles. The molecule has 2 unspecified atom stereocenters. The fraction of sp³-hybridized carbons (Fsp3) is 0.545. The smallest absolute Gasteiger partial charge is 0.128 e. The van der Waals surface area contributed by atoms with E-state index in [4.69, 9.17) is 22.1 Å². The van der Waals surface area contributed by atoms with Gasteiger partial charge in [-0.3, -0.25) is 0 Å². The number of pyridine rings is 1. The first-order valence-corrected chi connectivity index (χ1v) is 7.03. The molecule has 94 valence electrons. The second-order valence-electron chi connectivity index (χ2n) is 3.88. The van der Waals surface area contributed by atoms with Crippen molar-refractivity contribution in [2.24, 2.45) is 0 Å². The van der Waals surface area contributed by atoms with Gasteiger partial charge >= 0.3 is 0 Å². The van der Waals surface area contributed by atoms with Crippen LogP contribution in [0.5, 0.6) is 0 Å². The van der Waals surface area contributed by atoms with Crippen LogP contribution in [0.1, 0.15) is 11.6 Å². The lowest BCUT2D eigenvalue weighted by atomic mass is 10.0. The molecule has 0 radical (unpaired) electrons. The second-order valence-corrected chi connectivity index (χ2v) is 5.46. The number of nitrogens with two attached hydrogens (primary N) is 1. The molecule has 0 amide bonds. The summed E-state index contributed by atoms with van der Waals surface area (Å²) in [5.74, 6) is 2.51. The minimum Gasteiger partial charge on any atom is -0.383 e. The topological polar surface area (TPSA) is 60.2 Å². The van der Waals surface area contributed by atoms with Crippen molar-refractivity contribution < 1.29 is 4.74 Å². The summed E-state index contributed by atoms with van der Waals surface area (Å²) in [6, 6.07) is 1.89. The molecule has 0 saturated carbocycles. The molecule has 3 N–H and O–H groups in total. The fourth-order valence-corrected chi connectivity index (χ4v) is 3.02. The van der Waals surface area contributed by atoms with Gasteiger partial charge in [0.1, 0.15) is 5.82 Å². The van der Waals surface area contributed by atoms with E-state index >= 15 is 0 Å². The van der Waals surface area contributed by atoms with Crippen LogP contribution in [-0.4, -0.2) is 36.2 Å². The summed E-state index contributed by atoms with van der Waals surface area (Å²) >= 11 is 7.86. The van der Waals surface area contributed by atoms with Gasteiger partial charge in [0.25, 0.3) is 0 Å². The fourth-order valence-electron chi connectivity index (χ4n) is 1.95. The van der Waals surface area contributed by atoms with Crippen LogP contribution in [0.4, 0.5) is 5.82 Å². The van der Waals surface area contributed by atoms with E-state index in [9.17, 15) is 0 Å². The maximum atomic E-state index is 5.96. The number of nitrogens with zero attached hydrogens (tertiary/aromatic N) is 1. The zero-order valence-corrected chi connectivity index (χ0v) is 11.2. The quantitative estimate of drug-likeness (QED) is 0.878. The third kappa shape index (κ3) is 3.04. The molecule has 1 fully saturated rings. The van der Waals surface area contributed by atoms with Gasteiger partial charge in [0, 0.05) is 23.3 Å². The van der Waals surface area contributed by atoms with E-state index in [1.165, 1.54) is 0 Å². The standard InChI is InChI=1S/C11H16ClN3OS/c1-14-10(9-6-17-3-2-16-9)8-4-7(12)5-15-11(8)13/h4-5,9-10,14H,2-3,6H2,1H3,(H2,13,15). The van der Waals surface area contributed by atoms with E-state index < -0.39 is 0 Å². The van der Waals surface area contributed by atoms with Gasteiger partial charge in [-0.25, -0.2) is 4.98 Å². The summed E-state index contributed by atoms with van der Waals surface area (Å²) in [6.45, 7) is 0.779. The molecule has 4 nitrogen and oxygen atoms in total. The third-order valence-electron chi connectivity index (χ3n) is 2.78. The Morgan fingerprint density at radius 1 is 1.71 bits per heavy atom. The first kappa shape index (κ1) is 13.0. The molecule has 1 aromatic rings. The van der Waals surface area contributed by atoms with Crippen molar-refractivity contribution in [3.05, 3.63) is 22.8 Å². The number of ether oxygens (including phenoxy) is 1. The molecule has 17 heavy (non-hydrogen) atoms. The summed E-state index contributed by atoms with van der Waals surface area (Å²) in [7, 11) is 1.90. The molecule has 1 saturated heterocycles. The number of aromatic nitrogens is 1. The number of nitrogens with one attached hydrogen (secondary N) is 1. The number of halogens is 1. The number of hydrogen-bond acceptors (Lipinski definition) is 5. The van der Waals surface area contributed by atoms with Crippen LogP contribution < -0.4 is 11.1 Å². The highest BCUT2D eigenvalue weighted by atomic mass is 35.5. The van der Waals surface area contributed by atoms with Gasteiger partial charge in [-0.1, -0.05) is 11.6 Å². The molecule has 1 aliphatic heterocycles. The Labute approximate surface area is 110 Å². The highest BCUT2D eigenvalue weighted by molar-refractivity contribution is 7.99. The molecule has 0 bridgehead atoms. The molecule has 1 aliphatic rings. The molecule has 2 rings (SSSR count). The second kappa shape index (κ2) is 5.91. The van der Waals surface area contributed by atoms with Crippen LogP contribution in [0, 0.1) is 0 Å². The van der Waals surface area contributed by atoms with Crippen LogP contribution in [-0.2, 0) is 4.74 Å². The SMILES string of the molecule is CNC(c1cc(Cl)cnc1N)C1CSCCO1. The predicted molar refractivity (Wildman–Crippen MR) is 72.5 cm³/mol. The zero-order chi connectivity index (χ0) is 12.3. The van der Waals surface area contributed by atoms with Crippen LogP contribution in [0.15, 0.2) is 12.3 Å². The first-order valence-electron chi connectivity index (χ1n) is 5.50. The Hall–Kier alpha value is -0.490. The summed E-state index contributed by atoms with van der Waals surface area (Å²) in [6.07, 6.45) is 1.67. The maximum absolute atomic E-state index is 5.96. The van der Waals surface area contributed by atoms with Gasteiger partial charge in [0.05, 0.1) is 23.8 Å². The highest BCUT2D eigenvalue weighted by Crippen LogP contribution is 2.29. The third-order valence-corrected chi connectivity index (χ3v) is 4.00. The predicted octanol–water partition coefficient (Wildman–Crippen LogP) is 1.71. The molecule has 0 aliphatic carbocycles. The normalized spacial score (nSPS) is 22.4. The minimum absolute atomic E-state index is 0.0361. The van der Waals surface area contributed by atoms with Gasteiger partial charge in [-0.05, 0) is 13.1 Å². The van der Waals surface area contributed by atoms with E-state index in [-0.39, 0.29) is 12.1 Å². The van der Waals surface area contributed by atoms with E-state index in [0.717, 1.165) is 23.7 Å². The largest absolute Gasteiger partial charge is 0.383 e. The van der Waals surface area contributed by atoms with E-state index in [2.05, 4.69) is 10.3 Å². The number of rotatable bonds is 3. The molecule has 2 atom stereocenters. The Kier molecular flexibility index (Phi) is 4.50. The van der Waals surface area contributed by atoms with Gasteiger partial charge in [0.15, 0.2) is 0 Å². The van der Waals surface area contributed by atoms with Crippen LogP contribution >= 0.6 is 23.4 Å². The molecule has 0 spiro atoms. The number of hydrogen-bond donors (Lipinski definition) is 2. The van der Waals surface area contributed by atoms with Gasteiger partial charge in [0.2, 0.25) is 0 Å².